The normalized spacial score (nSPS) is 10.8. The number of rotatable bonds is 5. The molecule has 0 amide bonds. The molecule has 0 aliphatic heterocycles. The van der Waals surface area contributed by atoms with Crippen LogP contribution in [-0.4, -0.2) is 22.8 Å². The molecular weight excluding hydrogens is 342 g/mol. The van der Waals surface area contributed by atoms with Crippen LogP contribution in [0.1, 0.15) is 11.1 Å². The van der Waals surface area contributed by atoms with Crippen molar-refractivity contribution in [2.45, 2.75) is 13.0 Å². The Hall–Kier alpha value is -2.79. The van der Waals surface area contributed by atoms with E-state index < -0.39 is 5.97 Å². The van der Waals surface area contributed by atoms with E-state index in [1.54, 1.807) is 36.1 Å². The van der Waals surface area contributed by atoms with Crippen molar-refractivity contribution < 1.29 is 14.6 Å². The fourth-order valence-corrected chi connectivity index (χ4v) is 3.06. The quantitative estimate of drug-likeness (QED) is 0.760. The van der Waals surface area contributed by atoms with E-state index in [1.807, 2.05) is 24.3 Å². The van der Waals surface area contributed by atoms with Gasteiger partial charge < -0.3 is 14.4 Å². The van der Waals surface area contributed by atoms with Crippen LogP contribution in [0.5, 0.6) is 5.75 Å². The molecule has 1 N–H and O–H groups in total. The summed E-state index contributed by atoms with van der Waals surface area (Å²) >= 11 is 6.02. The Labute approximate surface area is 149 Å². The highest BCUT2D eigenvalue weighted by atomic mass is 35.5. The predicted octanol–water partition coefficient (Wildman–Crippen LogP) is 3.34. The number of pyridine rings is 1. The molecule has 3 rings (SSSR count). The standard InChI is InChI=1S/C19H16ClNO4/c1-25-17-5-3-2-4-12(17)8-13-10-21(11-18(22)23)16-7-6-14(20)9-15(16)19(13)24/h2-7,9-10H,8,11H2,1H3,(H,22,23). The molecule has 0 saturated carbocycles. The molecule has 2 aromatic carbocycles. The first-order valence-corrected chi connectivity index (χ1v) is 8.02. The number of aliphatic carboxylic acids is 1. The first kappa shape index (κ1) is 17.0. The Kier molecular flexibility index (Phi) is 4.76. The van der Waals surface area contributed by atoms with Crippen LogP contribution in [-0.2, 0) is 17.8 Å². The third-order valence-electron chi connectivity index (χ3n) is 4.00. The summed E-state index contributed by atoms with van der Waals surface area (Å²) in [5.74, 6) is -0.305. The molecule has 0 aliphatic carbocycles. The van der Waals surface area contributed by atoms with Gasteiger partial charge in [-0.05, 0) is 29.8 Å². The smallest absolute Gasteiger partial charge is 0.323 e. The van der Waals surface area contributed by atoms with Crippen LogP contribution >= 0.6 is 11.6 Å². The Bertz CT molecular complexity index is 1010. The molecule has 0 aliphatic rings. The maximum atomic E-state index is 12.9. The summed E-state index contributed by atoms with van der Waals surface area (Å²) < 4.78 is 6.89. The second-order valence-corrected chi connectivity index (χ2v) is 6.09. The zero-order chi connectivity index (χ0) is 18.0. The fourth-order valence-electron chi connectivity index (χ4n) is 2.89. The third kappa shape index (κ3) is 3.51. The van der Waals surface area contributed by atoms with Crippen LogP contribution in [0, 0.1) is 0 Å². The summed E-state index contributed by atoms with van der Waals surface area (Å²) in [5, 5.41) is 10.0. The van der Waals surface area contributed by atoms with Crippen molar-refractivity contribution in [3.05, 3.63) is 75.0 Å². The SMILES string of the molecule is COc1ccccc1Cc1cn(CC(=O)O)c2ccc(Cl)cc2c1=O. The second kappa shape index (κ2) is 6.99. The largest absolute Gasteiger partial charge is 0.496 e. The lowest BCUT2D eigenvalue weighted by molar-refractivity contribution is -0.137. The molecule has 0 spiro atoms. The van der Waals surface area contributed by atoms with Gasteiger partial charge in [-0.15, -0.1) is 0 Å². The van der Waals surface area contributed by atoms with E-state index in [0.717, 1.165) is 5.56 Å². The number of carboxylic acids is 1. The highest BCUT2D eigenvalue weighted by Gasteiger charge is 2.13. The Morgan fingerprint density at radius 3 is 2.68 bits per heavy atom. The molecule has 25 heavy (non-hydrogen) atoms. The Morgan fingerprint density at radius 2 is 1.96 bits per heavy atom. The van der Waals surface area contributed by atoms with Gasteiger partial charge in [0.1, 0.15) is 12.3 Å². The summed E-state index contributed by atoms with van der Waals surface area (Å²) in [7, 11) is 1.57. The zero-order valence-corrected chi connectivity index (χ0v) is 14.3. The molecule has 0 fully saturated rings. The Balaban J connectivity index is 2.19. The van der Waals surface area contributed by atoms with E-state index in [0.29, 0.717) is 33.7 Å². The van der Waals surface area contributed by atoms with Gasteiger partial charge in [-0.25, -0.2) is 0 Å². The maximum Gasteiger partial charge on any atom is 0.323 e. The summed E-state index contributed by atoms with van der Waals surface area (Å²) in [4.78, 5) is 24.1. The summed E-state index contributed by atoms with van der Waals surface area (Å²) in [6.07, 6.45) is 1.93. The molecule has 0 atom stereocenters. The van der Waals surface area contributed by atoms with Gasteiger partial charge in [0, 0.05) is 28.6 Å². The number of nitrogens with zero attached hydrogens (tertiary/aromatic N) is 1. The van der Waals surface area contributed by atoms with E-state index >= 15 is 0 Å². The van der Waals surface area contributed by atoms with Gasteiger partial charge in [-0.2, -0.15) is 0 Å². The van der Waals surface area contributed by atoms with E-state index in [9.17, 15) is 9.59 Å². The van der Waals surface area contributed by atoms with Crippen LogP contribution in [0.4, 0.5) is 0 Å². The van der Waals surface area contributed by atoms with E-state index in [4.69, 9.17) is 21.4 Å². The average Bonchev–Trinajstić information content (AvgIpc) is 2.59. The molecule has 5 nitrogen and oxygen atoms in total. The summed E-state index contributed by atoms with van der Waals surface area (Å²) in [6, 6.07) is 12.3. The molecule has 0 unspecified atom stereocenters. The molecule has 0 bridgehead atoms. The highest BCUT2D eigenvalue weighted by Crippen LogP contribution is 2.22. The number of aromatic nitrogens is 1. The van der Waals surface area contributed by atoms with Crippen molar-refractivity contribution in [2.24, 2.45) is 0 Å². The lowest BCUT2D eigenvalue weighted by Gasteiger charge is -2.13. The number of carbonyl (C=O) groups is 1. The van der Waals surface area contributed by atoms with E-state index in [2.05, 4.69) is 0 Å². The second-order valence-electron chi connectivity index (χ2n) is 5.66. The van der Waals surface area contributed by atoms with Gasteiger partial charge >= 0.3 is 5.97 Å². The number of ether oxygens (including phenoxy) is 1. The molecule has 1 heterocycles. The maximum absolute atomic E-state index is 12.9. The van der Waals surface area contributed by atoms with E-state index in [-0.39, 0.29) is 12.0 Å². The van der Waals surface area contributed by atoms with Crippen LogP contribution < -0.4 is 10.2 Å². The lowest BCUT2D eigenvalue weighted by atomic mass is 10.0. The number of halogens is 1. The molecular formula is C19H16ClNO4. The van der Waals surface area contributed by atoms with Gasteiger partial charge in [0.25, 0.3) is 0 Å². The van der Waals surface area contributed by atoms with Gasteiger partial charge in [0.05, 0.1) is 12.6 Å². The molecule has 1 aromatic heterocycles. The third-order valence-corrected chi connectivity index (χ3v) is 4.23. The Morgan fingerprint density at radius 1 is 1.20 bits per heavy atom. The first-order valence-electron chi connectivity index (χ1n) is 7.65. The van der Waals surface area contributed by atoms with Crippen molar-refractivity contribution in [3.63, 3.8) is 0 Å². The number of carboxylic acid groups (broad SMARTS) is 1. The summed E-state index contributed by atoms with van der Waals surface area (Å²) in [5.41, 5.74) is 1.72. The average molecular weight is 358 g/mol. The number of fused-ring (bicyclic) bond motifs is 1. The van der Waals surface area contributed by atoms with Crippen molar-refractivity contribution in [1.29, 1.82) is 0 Å². The number of hydrogen-bond acceptors (Lipinski definition) is 3. The molecule has 0 radical (unpaired) electrons. The topological polar surface area (TPSA) is 68.5 Å². The highest BCUT2D eigenvalue weighted by molar-refractivity contribution is 6.31. The minimum absolute atomic E-state index is 0.162. The van der Waals surface area contributed by atoms with E-state index in [1.165, 1.54) is 0 Å². The molecule has 6 heteroatoms. The van der Waals surface area contributed by atoms with Crippen molar-refractivity contribution in [2.75, 3.05) is 7.11 Å². The van der Waals surface area contributed by atoms with Crippen molar-refractivity contribution in [1.82, 2.24) is 4.57 Å². The minimum atomic E-state index is -0.983. The van der Waals surface area contributed by atoms with Gasteiger partial charge in [0.15, 0.2) is 5.43 Å². The van der Waals surface area contributed by atoms with Crippen LogP contribution in [0.2, 0.25) is 5.02 Å². The van der Waals surface area contributed by atoms with Crippen molar-refractivity contribution in [3.8, 4) is 5.75 Å². The molecule has 128 valence electrons. The summed E-state index contributed by atoms with van der Waals surface area (Å²) in [6.45, 7) is -0.239. The number of methoxy groups -OCH3 is 1. The van der Waals surface area contributed by atoms with Gasteiger partial charge in [-0.1, -0.05) is 29.8 Å². The first-order chi connectivity index (χ1) is 12.0. The van der Waals surface area contributed by atoms with Gasteiger partial charge in [-0.3, -0.25) is 9.59 Å². The monoisotopic (exact) mass is 357 g/mol. The van der Waals surface area contributed by atoms with Crippen LogP contribution in [0.15, 0.2) is 53.5 Å². The number of para-hydroxylation sites is 1. The fraction of sp³-hybridized carbons (Fsp3) is 0.158. The lowest BCUT2D eigenvalue weighted by Crippen LogP contribution is -2.18. The molecule has 0 saturated heterocycles. The molecule has 3 aromatic rings. The van der Waals surface area contributed by atoms with Gasteiger partial charge in [0.2, 0.25) is 0 Å². The number of hydrogen-bond donors (Lipinski definition) is 1. The predicted molar refractivity (Wildman–Crippen MR) is 96.7 cm³/mol. The van der Waals surface area contributed by atoms with Crippen LogP contribution in [0.3, 0.4) is 0 Å². The number of benzene rings is 2. The minimum Gasteiger partial charge on any atom is -0.496 e. The van der Waals surface area contributed by atoms with Crippen molar-refractivity contribution >= 4 is 28.5 Å². The zero-order valence-electron chi connectivity index (χ0n) is 13.5. The van der Waals surface area contributed by atoms with Crippen LogP contribution in [0.25, 0.3) is 10.9 Å².